The molecule has 0 atom stereocenters. The Hall–Kier alpha value is -6.44. The molecule has 1 heteroatoms. The van der Waals surface area contributed by atoms with E-state index in [9.17, 15) is 12.3 Å². The van der Waals surface area contributed by atoms with Gasteiger partial charge in [0, 0.05) is 16.3 Å². The van der Waals surface area contributed by atoms with E-state index >= 15 is 0 Å². The van der Waals surface area contributed by atoms with E-state index in [1.807, 2.05) is 0 Å². The molecule has 0 radical (unpaired) electrons. The molecule has 0 aliphatic carbocycles. The molecule has 0 fully saturated rings. The molecule has 0 spiro atoms. The largest absolute Gasteiger partial charge is 0.455 e. The Morgan fingerprint density at radius 2 is 0.898 bits per heavy atom. The smallest absolute Gasteiger partial charge is 0.143 e. The van der Waals surface area contributed by atoms with Crippen molar-refractivity contribution in [1.82, 2.24) is 0 Å². The summed E-state index contributed by atoms with van der Waals surface area (Å²) in [5.74, 6) is 0. The molecule has 1 nitrogen and oxygen atoms in total. The molecule has 0 unspecified atom stereocenters. The quantitative estimate of drug-likeness (QED) is 0.173. The van der Waals surface area contributed by atoms with Gasteiger partial charge < -0.3 is 4.42 Å². The molecule has 10 aromatic rings. The number of rotatable bonds is 4. The average Bonchev–Trinajstić information content (AvgIpc) is 3.97. The van der Waals surface area contributed by atoms with Crippen LogP contribution in [0.1, 0.15) is 39.8 Å². The lowest BCUT2D eigenvalue weighted by atomic mass is 9.85. The van der Waals surface area contributed by atoms with Crippen LogP contribution in [0.15, 0.2) is 186 Å². The Labute approximate surface area is 325 Å². The summed E-state index contributed by atoms with van der Waals surface area (Å²) >= 11 is 0. The Morgan fingerprint density at radius 1 is 0.347 bits per heavy atom. The number of benzene rings is 9. The maximum Gasteiger partial charge on any atom is 0.143 e. The van der Waals surface area contributed by atoms with Crippen LogP contribution in [0, 0.1) is 0 Å². The van der Waals surface area contributed by atoms with E-state index in [0.29, 0.717) is 0 Å². The molecule has 0 aliphatic rings. The molecule has 0 N–H and O–H groups in total. The highest BCUT2D eigenvalue weighted by Crippen LogP contribution is 2.46. The summed E-state index contributed by atoms with van der Waals surface area (Å²) < 4.78 is 267. The van der Waals surface area contributed by atoms with Gasteiger partial charge >= 0.3 is 0 Å². The summed E-state index contributed by atoms with van der Waals surface area (Å²) in [5.41, 5.74) is -6.99. The van der Waals surface area contributed by atoms with Crippen LogP contribution in [-0.4, -0.2) is 0 Å². The highest BCUT2D eigenvalue weighted by atomic mass is 16.3. The van der Waals surface area contributed by atoms with Gasteiger partial charge in [0.25, 0.3) is 0 Å². The van der Waals surface area contributed by atoms with Gasteiger partial charge in [-0.25, -0.2) is 0 Å². The minimum Gasteiger partial charge on any atom is -0.455 e. The first-order chi connectivity index (χ1) is 36.4. The van der Waals surface area contributed by atoms with E-state index < -0.39 is 274 Å². The highest BCUT2D eigenvalue weighted by molar-refractivity contribution is 6.22. The van der Waals surface area contributed by atoms with Crippen LogP contribution in [0.25, 0.3) is 98.8 Å². The maximum atomic E-state index is 9.85. The van der Waals surface area contributed by atoms with E-state index in [1.54, 1.807) is 0 Å². The number of fused-ring (bicyclic) bond motifs is 6. The Kier molecular flexibility index (Phi) is 2.56. The van der Waals surface area contributed by atoms with Crippen LogP contribution in [0.5, 0.6) is 0 Å². The van der Waals surface area contributed by atoms with Gasteiger partial charge in [-0.3, -0.25) is 0 Å². The Bertz CT molecular complexity index is 4420. The maximum absolute atomic E-state index is 9.85. The van der Waals surface area contributed by atoms with Gasteiger partial charge in [0.05, 0.1) is 39.8 Å². The lowest BCUT2D eigenvalue weighted by Crippen LogP contribution is -1.91. The zero-order valence-electron chi connectivity index (χ0n) is 53.5. The molecule has 228 valence electrons. The summed E-state index contributed by atoms with van der Waals surface area (Å²) in [7, 11) is 0. The molecule has 0 bridgehead atoms. The number of hydrogen-bond donors (Lipinski definition) is 0. The fourth-order valence-electron chi connectivity index (χ4n) is 5.87. The predicted octanol–water partition coefficient (Wildman–Crippen LogP) is 13.7. The third-order valence-corrected chi connectivity index (χ3v) is 7.94. The first-order valence-corrected chi connectivity index (χ1v) is 14.5. The second kappa shape index (κ2) is 11.1. The van der Waals surface area contributed by atoms with Crippen molar-refractivity contribution >= 4 is 54.3 Å². The molecule has 0 saturated heterocycles. The summed E-state index contributed by atoms with van der Waals surface area (Å²) in [6, 6.07) is -25.5. The zero-order valence-corrected chi connectivity index (χ0v) is 24.5. The summed E-state index contributed by atoms with van der Waals surface area (Å²) in [6.45, 7) is 0. The van der Waals surface area contributed by atoms with Crippen LogP contribution >= 0.6 is 0 Å². The second-order valence-electron chi connectivity index (χ2n) is 10.6. The van der Waals surface area contributed by atoms with Gasteiger partial charge in [0.1, 0.15) is 11.2 Å². The van der Waals surface area contributed by atoms with Crippen LogP contribution in [-0.2, 0) is 0 Å². The van der Waals surface area contributed by atoms with E-state index in [1.165, 1.54) is 0 Å². The lowest BCUT2D eigenvalue weighted by molar-refractivity contribution is 0.670. The Balaban J connectivity index is 1.46. The number of para-hydroxylation sites is 1. The molecule has 0 saturated carbocycles. The second-order valence-corrected chi connectivity index (χ2v) is 10.6. The van der Waals surface area contributed by atoms with E-state index in [0.717, 1.165) is 6.07 Å². The number of furan rings is 1. The molecule has 1 aromatic heterocycles. The van der Waals surface area contributed by atoms with Crippen molar-refractivity contribution in [2.75, 3.05) is 0 Å². The minimum absolute atomic E-state index is 0.522. The van der Waals surface area contributed by atoms with Gasteiger partial charge in [-0.15, -0.1) is 0 Å². The van der Waals surface area contributed by atoms with Crippen molar-refractivity contribution in [3.63, 3.8) is 0 Å². The van der Waals surface area contributed by atoms with Crippen molar-refractivity contribution < 1.29 is 44.2 Å². The van der Waals surface area contributed by atoms with Crippen molar-refractivity contribution in [2.45, 2.75) is 0 Å². The normalized spacial score (nSPS) is 20.0. The lowest BCUT2D eigenvalue weighted by Gasteiger charge is -2.18. The summed E-state index contributed by atoms with van der Waals surface area (Å²) in [6.07, 6.45) is 0. The molecular weight excluding hydrogens is 593 g/mol. The SMILES string of the molecule is [2H]c1cc(-c2c([2H])c([2H])c([2H])c3c([2H])c([2H])c([2H])c([2H])c23)c([2H])c(-c2c3c([2H])c([2H])c([2H])c([2H])c3c(-c3c([2H])c([2H])c4c(oc5c(-c6c([2H])c([2H])c([2H])c([2H])c6[2H])c([2H])c([2H])c([2H])c54)c3[2H])c3c([2H])c([2H])c([2H])c([2H])c23)c1[2H]. The topological polar surface area (TPSA) is 13.1 Å². The van der Waals surface area contributed by atoms with Gasteiger partial charge in [-0.1, -0.05) is 163 Å². The van der Waals surface area contributed by atoms with E-state index in [4.69, 9.17) is 31.8 Å². The first-order valence-electron chi connectivity index (χ1n) is 29.0. The minimum atomic E-state index is -1.02. The predicted molar refractivity (Wildman–Crippen MR) is 208 cm³/mol. The highest BCUT2D eigenvalue weighted by Gasteiger charge is 2.19. The standard InChI is InChI=1S/C48H30O/c1-2-13-32(14-3-1)38-25-12-26-44-39-28-27-35(30-45(39)49-48(38)44)47-42-22-8-6-20-40(42)46(41-21-7-9-23-43(41)47)34-18-10-17-33(29-34)37-24-11-16-31-15-4-5-19-36(31)37/h1-30H/i1D,2D,3D,4D,5D,6D,7D,8D,9D,10D,11D,12D,13D,14D,15D,16D,18D,19D,20D,21D,22D,23D,24D,25D,26D,27D,28D,29D,30D. The Morgan fingerprint density at radius 3 is 1.63 bits per heavy atom. The van der Waals surface area contributed by atoms with E-state index in [2.05, 4.69) is 0 Å². The molecule has 1 heterocycles. The molecule has 0 amide bonds. The zero-order chi connectivity index (χ0) is 57.5. The van der Waals surface area contributed by atoms with Crippen molar-refractivity contribution in [1.29, 1.82) is 0 Å². The molecule has 9 aromatic carbocycles. The van der Waals surface area contributed by atoms with Crippen LogP contribution < -0.4 is 0 Å². The van der Waals surface area contributed by atoms with Crippen molar-refractivity contribution in [3.05, 3.63) is 181 Å². The van der Waals surface area contributed by atoms with Gasteiger partial charge in [0.2, 0.25) is 0 Å². The molecule has 49 heavy (non-hydrogen) atoms. The average molecular weight is 652 g/mol. The monoisotopic (exact) mass is 651 g/mol. The fraction of sp³-hybridized carbons (Fsp3) is 0. The van der Waals surface area contributed by atoms with Gasteiger partial charge in [0.15, 0.2) is 0 Å². The summed E-state index contributed by atoms with van der Waals surface area (Å²) in [5, 5.41) is -5.19. The van der Waals surface area contributed by atoms with E-state index in [-0.39, 0.29) is 0 Å². The van der Waals surface area contributed by atoms with Gasteiger partial charge in [-0.05, 0) is 89.4 Å². The van der Waals surface area contributed by atoms with Crippen LogP contribution in [0.4, 0.5) is 0 Å². The van der Waals surface area contributed by atoms with Crippen molar-refractivity contribution in [2.24, 2.45) is 0 Å². The fourth-order valence-corrected chi connectivity index (χ4v) is 5.87. The molecule has 0 aliphatic heterocycles. The van der Waals surface area contributed by atoms with Gasteiger partial charge in [-0.2, -0.15) is 0 Å². The first kappa shape index (κ1) is 11.3. The number of hydrogen-bond acceptors (Lipinski definition) is 1. The van der Waals surface area contributed by atoms with Crippen LogP contribution in [0.2, 0.25) is 0 Å². The third-order valence-electron chi connectivity index (χ3n) is 7.94. The summed E-state index contributed by atoms with van der Waals surface area (Å²) in [4.78, 5) is 0. The molecular formula is C48H30O. The van der Waals surface area contributed by atoms with Crippen LogP contribution in [0.3, 0.4) is 0 Å². The molecule has 10 rings (SSSR count). The van der Waals surface area contributed by atoms with Crippen molar-refractivity contribution in [3.8, 4) is 44.5 Å². The third kappa shape index (κ3) is 4.40.